The Balaban J connectivity index is 1.34. The maximum absolute atomic E-state index is 12.6. The molecule has 2 aromatic carbocycles. The Bertz CT molecular complexity index is 1230. The fourth-order valence-electron chi connectivity index (χ4n) is 3.54. The molecule has 0 atom stereocenters. The summed E-state index contributed by atoms with van der Waals surface area (Å²) in [6.07, 6.45) is 1.47. The zero-order valence-electron chi connectivity index (χ0n) is 18.9. The molecule has 3 aromatic rings. The molecule has 0 bridgehead atoms. The predicted molar refractivity (Wildman–Crippen MR) is 129 cm³/mol. The lowest BCUT2D eigenvalue weighted by Gasteiger charge is -2.38. The Morgan fingerprint density at radius 1 is 1.21 bits per heavy atom. The van der Waals surface area contributed by atoms with Crippen LogP contribution < -0.4 is 9.64 Å². The minimum absolute atomic E-state index is 0.165. The number of anilines is 1. The van der Waals surface area contributed by atoms with Crippen molar-refractivity contribution in [3.63, 3.8) is 0 Å². The van der Waals surface area contributed by atoms with Gasteiger partial charge >= 0.3 is 5.97 Å². The van der Waals surface area contributed by atoms with Gasteiger partial charge in [-0.25, -0.2) is 22.5 Å². The highest BCUT2D eigenvalue weighted by Gasteiger charge is 2.32. The Morgan fingerprint density at radius 2 is 1.94 bits per heavy atom. The van der Waals surface area contributed by atoms with Crippen LogP contribution in [0.4, 0.5) is 5.13 Å². The van der Waals surface area contributed by atoms with Gasteiger partial charge in [0.25, 0.3) is 0 Å². The van der Waals surface area contributed by atoms with E-state index in [0.29, 0.717) is 25.2 Å². The van der Waals surface area contributed by atoms with Crippen molar-refractivity contribution in [1.82, 2.24) is 9.29 Å². The van der Waals surface area contributed by atoms with Crippen LogP contribution >= 0.6 is 11.3 Å². The number of carbonyl (C=O) groups is 1. The van der Waals surface area contributed by atoms with Gasteiger partial charge in [0.15, 0.2) is 5.13 Å². The van der Waals surface area contributed by atoms with E-state index in [2.05, 4.69) is 9.88 Å². The van der Waals surface area contributed by atoms with E-state index in [9.17, 15) is 13.2 Å². The summed E-state index contributed by atoms with van der Waals surface area (Å²) >= 11 is 1.57. The van der Waals surface area contributed by atoms with Crippen molar-refractivity contribution in [2.75, 3.05) is 38.7 Å². The summed E-state index contributed by atoms with van der Waals surface area (Å²) in [6, 6.07) is 11.7. The second-order valence-corrected chi connectivity index (χ2v) is 11.0. The van der Waals surface area contributed by atoms with Gasteiger partial charge < -0.3 is 14.4 Å². The Labute approximate surface area is 197 Å². The van der Waals surface area contributed by atoms with Gasteiger partial charge in [0.1, 0.15) is 17.4 Å². The van der Waals surface area contributed by atoms with Gasteiger partial charge in [-0.2, -0.15) is 0 Å². The maximum Gasteiger partial charge on any atom is 0.338 e. The zero-order chi connectivity index (χ0) is 23.6. The van der Waals surface area contributed by atoms with Crippen LogP contribution in [0, 0.1) is 0 Å². The Kier molecular flexibility index (Phi) is 6.87. The van der Waals surface area contributed by atoms with Gasteiger partial charge in [0.05, 0.1) is 35.4 Å². The standard InChI is InChI=1S/C23H27N3O5S2/c1-4-5-13-25(2)33(28,29)18-11-9-16(10-12-18)22(27)31-17-14-26(15-17)23-24-21-19(30-3)7-6-8-20(21)32-23/h6-12,17H,4-5,13-15H2,1-3H3. The number of para-hydroxylation sites is 1. The van der Waals surface area contributed by atoms with E-state index in [0.717, 1.165) is 33.9 Å². The molecular weight excluding hydrogens is 462 g/mol. The third kappa shape index (κ3) is 4.83. The minimum Gasteiger partial charge on any atom is -0.494 e. The number of sulfonamides is 1. The average Bonchev–Trinajstić information content (AvgIpc) is 3.23. The molecule has 1 aliphatic heterocycles. The third-order valence-electron chi connectivity index (χ3n) is 5.61. The molecule has 1 aliphatic rings. The quantitative estimate of drug-likeness (QED) is 0.423. The largest absolute Gasteiger partial charge is 0.494 e. The summed E-state index contributed by atoms with van der Waals surface area (Å²) in [5, 5.41) is 0.864. The molecule has 0 saturated carbocycles. The summed E-state index contributed by atoms with van der Waals surface area (Å²) in [5.41, 5.74) is 1.16. The second kappa shape index (κ2) is 9.66. The van der Waals surface area contributed by atoms with Gasteiger partial charge in [-0.05, 0) is 42.8 Å². The molecule has 1 saturated heterocycles. The first kappa shape index (κ1) is 23.5. The molecular formula is C23H27N3O5S2. The van der Waals surface area contributed by atoms with Crippen molar-refractivity contribution in [2.45, 2.75) is 30.8 Å². The number of thiazole rings is 1. The number of hydrogen-bond donors (Lipinski definition) is 0. The number of unbranched alkanes of at least 4 members (excludes halogenated alkanes) is 1. The van der Waals surface area contributed by atoms with Gasteiger partial charge in [-0.15, -0.1) is 0 Å². The number of esters is 1. The van der Waals surface area contributed by atoms with Crippen LogP contribution in [-0.2, 0) is 14.8 Å². The first-order valence-electron chi connectivity index (χ1n) is 10.8. The van der Waals surface area contributed by atoms with Crippen molar-refractivity contribution in [3.05, 3.63) is 48.0 Å². The molecule has 0 N–H and O–H groups in total. The molecule has 4 rings (SSSR count). The number of hydrogen-bond acceptors (Lipinski definition) is 8. The molecule has 1 aromatic heterocycles. The van der Waals surface area contributed by atoms with E-state index < -0.39 is 16.0 Å². The van der Waals surface area contributed by atoms with E-state index in [-0.39, 0.29) is 11.0 Å². The van der Waals surface area contributed by atoms with Crippen molar-refractivity contribution in [3.8, 4) is 5.75 Å². The van der Waals surface area contributed by atoms with Gasteiger partial charge in [0.2, 0.25) is 10.0 Å². The van der Waals surface area contributed by atoms with Gasteiger partial charge in [-0.3, -0.25) is 0 Å². The van der Waals surface area contributed by atoms with Crippen LogP contribution in [0.25, 0.3) is 10.2 Å². The lowest BCUT2D eigenvalue weighted by atomic mass is 10.2. The first-order valence-corrected chi connectivity index (χ1v) is 13.0. The summed E-state index contributed by atoms with van der Waals surface area (Å²) in [7, 11) is -0.374. The normalized spacial score (nSPS) is 14.5. The summed E-state index contributed by atoms with van der Waals surface area (Å²) in [5.74, 6) is 0.273. The van der Waals surface area contributed by atoms with E-state index >= 15 is 0 Å². The second-order valence-electron chi connectivity index (χ2n) is 7.94. The molecule has 2 heterocycles. The van der Waals surface area contributed by atoms with Gasteiger partial charge in [-0.1, -0.05) is 30.7 Å². The summed E-state index contributed by atoms with van der Waals surface area (Å²) in [4.78, 5) is 19.4. The third-order valence-corrected chi connectivity index (χ3v) is 8.56. The van der Waals surface area contributed by atoms with E-state index in [1.807, 2.05) is 25.1 Å². The van der Waals surface area contributed by atoms with Crippen LogP contribution in [0.15, 0.2) is 47.4 Å². The van der Waals surface area contributed by atoms with Crippen LogP contribution in [0.5, 0.6) is 5.75 Å². The number of nitrogens with zero attached hydrogens (tertiary/aromatic N) is 3. The average molecular weight is 490 g/mol. The van der Waals surface area contributed by atoms with Crippen molar-refractivity contribution >= 4 is 42.7 Å². The molecule has 8 nitrogen and oxygen atoms in total. The number of aromatic nitrogens is 1. The molecule has 176 valence electrons. The lowest BCUT2D eigenvalue weighted by molar-refractivity contribution is 0.0234. The van der Waals surface area contributed by atoms with Gasteiger partial charge in [0, 0.05) is 13.6 Å². The molecule has 0 aliphatic carbocycles. The van der Waals surface area contributed by atoms with Crippen molar-refractivity contribution in [2.24, 2.45) is 0 Å². The molecule has 1 fully saturated rings. The monoisotopic (exact) mass is 489 g/mol. The van der Waals surface area contributed by atoms with Crippen molar-refractivity contribution in [1.29, 1.82) is 0 Å². The molecule has 0 spiro atoms. The Hall–Kier alpha value is -2.69. The topological polar surface area (TPSA) is 89.0 Å². The van der Waals surface area contributed by atoms with E-state index in [1.165, 1.54) is 28.6 Å². The maximum atomic E-state index is 12.6. The molecule has 0 unspecified atom stereocenters. The number of carbonyl (C=O) groups excluding carboxylic acids is 1. The highest BCUT2D eigenvalue weighted by atomic mass is 32.2. The summed E-state index contributed by atoms with van der Waals surface area (Å²) in [6.45, 7) is 3.59. The highest BCUT2D eigenvalue weighted by molar-refractivity contribution is 7.89. The number of fused-ring (bicyclic) bond motifs is 1. The fourth-order valence-corrected chi connectivity index (χ4v) is 5.75. The highest BCUT2D eigenvalue weighted by Crippen LogP contribution is 2.36. The Morgan fingerprint density at radius 3 is 2.61 bits per heavy atom. The summed E-state index contributed by atoms with van der Waals surface area (Å²) < 4.78 is 38.6. The number of ether oxygens (including phenoxy) is 2. The molecule has 10 heteroatoms. The van der Waals surface area contributed by atoms with Crippen LogP contribution in [0.1, 0.15) is 30.1 Å². The minimum atomic E-state index is -3.56. The van der Waals surface area contributed by atoms with E-state index in [4.69, 9.17) is 9.47 Å². The fraction of sp³-hybridized carbons (Fsp3) is 0.391. The molecule has 33 heavy (non-hydrogen) atoms. The van der Waals surface area contributed by atoms with Crippen LogP contribution in [0.2, 0.25) is 0 Å². The molecule has 0 amide bonds. The smallest absolute Gasteiger partial charge is 0.338 e. The van der Waals surface area contributed by atoms with E-state index in [1.54, 1.807) is 25.5 Å². The number of rotatable bonds is 9. The van der Waals surface area contributed by atoms with Crippen LogP contribution in [0.3, 0.4) is 0 Å². The molecule has 0 radical (unpaired) electrons. The zero-order valence-corrected chi connectivity index (χ0v) is 20.5. The number of benzene rings is 2. The van der Waals surface area contributed by atoms with Crippen LogP contribution in [-0.4, -0.2) is 63.6 Å². The van der Waals surface area contributed by atoms with Crippen molar-refractivity contribution < 1.29 is 22.7 Å². The predicted octanol–water partition coefficient (Wildman–Crippen LogP) is 3.77. The number of methoxy groups -OCH3 is 1. The SMILES string of the molecule is CCCCN(C)S(=O)(=O)c1ccc(C(=O)OC2CN(c3nc4c(OC)cccc4s3)C2)cc1. The lowest BCUT2D eigenvalue weighted by Crippen LogP contribution is -2.53. The first-order chi connectivity index (χ1) is 15.8.